The fourth-order valence-corrected chi connectivity index (χ4v) is 1.95. The Hall–Kier alpha value is -2.36. The zero-order valence-electron chi connectivity index (χ0n) is 11.8. The number of amides is 1. The smallest absolute Gasteiger partial charge is 0.274 e. The van der Waals surface area contributed by atoms with Gasteiger partial charge in [0.1, 0.15) is 5.69 Å². The number of hydrogen-bond acceptors (Lipinski definition) is 3. The quantitative estimate of drug-likeness (QED) is 0.875. The molecule has 0 spiro atoms. The largest absolute Gasteiger partial charge is 0.388 e. The van der Waals surface area contributed by atoms with Gasteiger partial charge in [0.2, 0.25) is 0 Å². The molecule has 0 atom stereocenters. The molecule has 0 saturated carbocycles. The van der Waals surface area contributed by atoms with Gasteiger partial charge < -0.3 is 10.6 Å². The molecule has 20 heavy (non-hydrogen) atoms. The van der Waals surface area contributed by atoms with Gasteiger partial charge in [-0.2, -0.15) is 0 Å². The molecule has 2 aromatic rings. The summed E-state index contributed by atoms with van der Waals surface area (Å²) in [5.41, 5.74) is 3.32. The SMILES string of the molecule is CCCc1ccc(NC(=O)c2cc(NC)ccn2)cc1. The third-order valence-electron chi connectivity index (χ3n) is 3.03. The van der Waals surface area contributed by atoms with Crippen LogP contribution in [0.2, 0.25) is 0 Å². The van der Waals surface area contributed by atoms with Crippen molar-refractivity contribution in [2.24, 2.45) is 0 Å². The van der Waals surface area contributed by atoms with Crippen molar-refractivity contribution < 1.29 is 4.79 Å². The number of benzene rings is 1. The molecule has 0 aliphatic rings. The molecule has 0 radical (unpaired) electrons. The van der Waals surface area contributed by atoms with Crippen molar-refractivity contribution in [3.8, 4) is 0 Å². The van der Waals surface area contributed by atoms with Crippen LogP contribution in [0.15, 0.2) is 42.6 Å². The molecule has 0 bridgehead atoms. The summed E-state index contributed by atoms with van der Waals surface area (Å²) in [7, 11) is 1.81. The second-order valence-electron chi connectivity index (χ2n) is 4.58. The molecule has 104 valence electrons. The zero-order valence-corrected chi connectivity index (χ0v) is 11.8. The van der Waals surface area contributed by atoms with Gasteiger partial charge in [0, 0.05) is 24.6 Å². The van der Waals surface area contributed by atoms with E-state index in [1.807, 2.05) is 37.4 Å². The summed E-state index contributed by atoms with van der Waals surface area (Å²) in [6.45, 7) is 2.15. The molecule has 1 amide bonds. The number of anilines is 2. The monoisotopic (exact) mass is 269 g/mol. The Balaban J connectivity index is 2.06. The first kappa shape index (κ1) is 14.1. The van der Waals surface area contributed by atoms with Crippen LogP contribution in [0.5, 0.6) is 0 Å². The first-order valence-corrected chi connectivity index (χ1v) is 6.77. The van der Waals surface area contributed by atoms with E-state index in [1.54, 1.807) is 12.3 Å². The summed E-state index contributed by atoms with van der Waals surface area (Å²) < 4.78 is 0. The maximum absolute atomic E-state index is 12.1. The van der Waals surface area contributed by atoms with Crippen LogP contribution in [0.1, 0.15) is 29.4 Å². The highest BCUT2D eigenvalue weighted by atomic mass is 16.1. The van der Waals surface area contributed by atoms with E-state index < -0.39 is 0 Å². The highest BCUT2D eigenvalue weighted by molar-refractivity contribution is 6.03. The lowest BCUT2D eigenvalue weighted by atomic mass is 10.1. The Labute approximate surface area is 119 Å². The minimum atomic E-state index is -0.203. The topological polar surface area (TPSA) is 54.0 Å². The van der Waals surface area contributed by atoms with Crippen LogP contribution < -0.4 is 10.6 Å². The van der Waals surface area contributed by atoms with Crippen molar-refractivity contribution >= 4 is 17.3 Å². The van der Waals surface area contributed by atoms with Crippen molar-refractivity contribution in [2.45, 2.75) is 19.8 Å². The van der Waals surface area contributed by atoms with Gasteiger partial charge in [-0.05, 0) is 36.2 Å². The zero-order chi connectivity index (χ0) is 14.4. The average molecular weight is 269 g/mol. The van der Waals surface area contributed by atoms with E-state index in [2.05, 4.69) is 22.5 Å². The van der Waals surface area contributed by atoms with Gasteiger partial charge in [0.05, 0.1) is 0 Å². The second kappa shape index (κ2) is 6.70. The van der Waals surface area contributed by atoms with Gasteiger partial charge in [-0.15, -0.1) is 0 Å². The Kier molecular flexibility index (Phi) is 4.71. The van der Waals surface area contributed by atoms with Crippen LogP contribution in [0.4, 0.5) is 11.4 Å². The molecule has 4 nitrogen and oxygen atoms in total. The van der Waals surface area contributed by atoms with E-state index in [0.717, 1.165) is 24.2 Å². The molecule has 0 aliphatic carbocycles. The van der Waals surface area contributed by atoms with Crippen molar-refractivity contribution in [1.29, 1.82) is 0 Å². The predicted molar refractivity (Wildman–Crippen MR) is 82.2 cm³/mol. The number of carbonyl (C=O) groups is 1. The van der Waals surface area contributed by atoms with Crippen molar-refractivity contribution in [2.75, 3.05) is 17.7 Å². The molecule has 0 unspecified atom stereocenters. The van der Waals surface area contributed by atoms with E-state index >= 15 is 0 Å². The maximum Gasteiger partial charge on any atom is 0.274 e. The lowest BCUT2D eigenvalue weighted by molar-refractivity contribution is 0.102. The Bertz CT molecular complexity index is 579. The molecule has 1 aromatic heterocycles. The van der Waals surface area contributed by atoms with Gasteiger partial charge in [-0.25, -0.2) is 0 Å². The highest BCUT2D eigenvalue weighted by Crippen LogP contribution is 2.13. The number of pyridine rings is 1. The van der Waals surface area contributed by atoms with Gasteiger partial charge >= 0.3 is 0 Å². The number of hydrogen-bond donors (Lipinski definition) is 2. The maximum atomic E-state index is 12.1. The molecule has 0 aliphatic heterocycles. The van der Waals surface area contributed by atoms with E-state index in [0.29, 0.717) is 5.69 Å². The summed E-state index contributed by atoms with van der Waals surface area (Å²) >= 11 is 0. The number of nitrogens with one attached hydrogen (secondary N) is 2. The highest BCUT2D eigenvalue weighted by Gasteiger charge is 2.08. The second-order valence-corrected chi connectivity index (χ2v) is 4.58. The number of nitrogens with zero attached hydrogens (tertiary/aromatic N) is 1. The van der Waals surface area contributed by atoms with Crippen molar-refractivity contribution in [3.05, 3.63) is 53.9 Å². The van der Waals surface area contributed by atoms with Crippen LogP contribution in [-0.4, -0.2) is 17.9 Å². The fourth-order valence-electron chi connectivity index (χ4n) is 1.95. The molecule has 2 rings (SSSR count). The number of carbonyl (C=O) groups excluding carboxylic acids is 1. The lowest BCUT2D eigenvalue weighted by Crippen LogP contribution is -2.13. The fraction of sp³-hybridized carbons (Fsp3) is 0.250. The van der Waals surface area contributed by atoms with Crippen LogP contribution in [-0.2, 0) is 6.42 Å². The summed E-state index contributed by atoms with van der Waals surface area (Å²) in [5, 5.41) is 5.84. The van der Waals surface area contributed by atoms with Crippen LogP contribution >= 0.6 is 0 Å². The summed E-state index contributed by atoms with van der Waals surface area (Å²) in [6.07, 6.45) is 3.79. The molecule has 1 heterocycles. The van der Waals surface area contributed by atoms with E-state index in [4.69, 9.17) is 0 Å². The molecule has 0 fully saturated rings. The third kappa shape index (κ3) is 3.57. The van der Waals surface area contributed by atoms with E-state index in [1.165, 1.54) is 5.56 Å². The number of aryl methyl sites for hydroxylation is 1. The molecular weight excluding hydrogens is 250 g/mol. The predicted octanol–water partition coefficient (Wildman–Crippen LogP) is 3.33. The van der Waals surface area contributed by atoms with Gasteiger partial charge in [0.25, 0.3) is 5.91 Å². The summed E-state index contributed by atoms with van der Waals surface area (Å²) in [5.74, 6) is -0.203. The lowest BCUT2D eigenvalue weighted by Gasteiger charge is -2.07. The first-order valence-electron chi connectivity index (χ1n) is 6.77. The van der Waals surface area contributed by atoms with Gasteiger partial charge in [-0.1, -0.05) is 25.5 Å². The third-order valence-corrected chi connectivity index (χ3v) is 3.03. The summed E-state index contributed by atoms with van der Waals surface area (Å²) in [6, 6.07) is 11.5. The number of aromatic nitrogens is 1. The minimum absolute atomic E-state index is 0.203. The molecular formula is C16H19N3O. The van der Waals surface area contributed by atoms with Crippen molar-refractivity contribution in [3.63, 3.8) is 0 Å². The number of rotatable bonds is 5. The molecule has 1 aromatic carbocycles. The first-order chi connectivity index (χ1) is 9.72. The molecule has 2 N–H and O–H groups in total. The Morgan fingerprint density at radius 2 is 1.90 bits per heavy atom. The molecule has 0 saturated heterocycles. The normalized spacial score (nSPS) is 10.1. The standard InChI is InChI=1S/C16H19N3O/c1-3-4-12-5-7-13(8-6-12)19-16(20)15-11-14(17-2)9-10-18-15/h5-11H,3-4H2,1-2H3,(H,17,18)(H,19,20). The van der Waals surface area contributed by atoms with Crippen LogP contribution in [0.3, 0.4) is 0 Å². The van der Waals surface area contributed by atoms with Gasteiger partial charge in [-0.3, -0.25) is 9.78 Å². The average Bonchev–Trinajstić information content (AvgIpc) is 2.49. The van der Waals surface area contributed by atoms with Crippen LogP contribution in [0.25, 0.3) is 0 Å². The van der Waals surface area contributed by atoms with E-state index in [9.17, 15) is 4.79 Å². The van der Waals surface area contributed by atoms with Crippen molar-refractivity contribution in [1.82, 2.24) is 4.98 Å². The van der Waals surface area contributed by atoms with E-state index in [-0.39, 0.29) is 5.91 Å². The Morgan fingerprint density at radius 1 is 1.15 bits per heavy atom. The van der Waals surface area contributed by atoms with Crippen LogP contribution in [0, 0.1) is 0 Å². The van der Waals surface area contributed by atoms with Gasteiger partial charge in [0.15, 0.2) is 0 Å². The summed E-state index contributed by atoms with van der Waals surface area (Å²) in [4.78, 5) is 16.2. The molecule has 4 heteroatoms. The minimum Gasteiger partial charge on any atom is -0.388 e. The Morgan fingerprint density at radius 3 is 2.55 bits per heavy atom.